The molecule has 3 N–H and O–H groups in total. The highest BCUT2D eigenvalue weighted by molar-refractivity contribution is 7.91. The van der Waals surface area contributed by atoms with E-state index in [1.807, 2.05) is 20.8 Å². The van der Waals surface area contributed by atoms with Gasteiger partial charge in [-0.3, -0.25) is 0 Å². The van der Waals surface area contributed by atoms with Crippen LogP contribution in [0.4, 0.5) is 0 Å². The molecule has 4 aliphatic rings. The predicted molar refractivity (Wildman–Crippen MR) is 140 cm³/mol. The molecule has 1 aromatic carbocycles. The molecule has 3 aliphatic heterocycles. The molecule has 218 valence electrons. The van der Waals surface area contributed by atoms with Gasteiger partial charge in [-0.15, -0.1) is 6.58 Å². The Morgan fingerprint density at radius 1 is 1.15 bits per heavy atom. The van der Waals surface area contributed by atoms with Crippen molar-refractivity contribution in [2.24, 2.45) is 17.8 Å². The molecule has 39 heavy (non-hydrogen) atoms. The van der Waals surface area contributed by atoms with Crippen molar-refractivity contribution in [3.8, 4) is 0 Å². The highest BCUT2D eigenvalue weighted by Crippen LogP contribution is 2.46. The van der Waals surface area contributed by atoms with Gasteiger partial charge in [-0.25, -0.2) is 13.2 Å². The maximum Gasteiger partial charge on any atom is 0.335 e. The van der Waals surface area contributed by atoms with Gasteiger partial charge in [0.2, 0.25) is 0 Å². The quantitative estimate of drug-likeness (QED) is 0.312. The molecule has 10 atom stereocenters. The van der Waals surface area contributed by atoms with Crippen molar-refractivity contribution in [2.75, 3.05) is 12.4 Å². The first-order valence-electron chi connectivity index (χ1n) is 13.4. The Hall–Kier alpha value is -1.86. The van der Waals surface area contributed by atoms with E-state index in [1.165, 1.54) is 0 Å². The van der Waals surface area contributed by atoms with Gasteiger partial charge in [0, 0.05) is 18.3 Å². The number of esters is 1. The first-order valence-corrected chi connectivity index (χ1v) is 15.1. The van der Waals surface area contributed by atoms with E-state index in [-0.39, 0.29) is 60.6 Å². The summed E-state index contributed by atoms with van der Waals surface area (Å²) in [5.74, 6) is -1.51. The highest BCUT2D eigenvalue weighted by Gasteiger charge is 2.61. The molecule has 1 aliphatic carbocycles. The number of carbonyl (C=O) groups is 1. The van der Waals surface area contributed by atoms with E-state index in [0.717, 1.165) is 0 Å². The molecule has 1 saturated carbocycles. The summed E-state index contributed by atoms with van der Waals surface area (Å²) in [7, 11) is -3.41. The van der Waals surface area contributed by atoms with Crippen LogP contribution in [-0.2, 0) is 33.6 Å². The van der Waals surface area contributed by atoms with Crippen LogP contribution in [0.25, 0.3) is 0 Å². The molecule has 5 rings (SSSR count). The van der Waals surface area contributed by atoms with E-state index in [1.54, 1.807) is 36.4 Å². The SMILES string of the molecule is C=CC[C@@H]1O[C@H](C[C@H](O)CO)[C@H](C)[C@H]1CS(=O)(=O)c1ccccc1.CC1(C)O[C@@H]2[C@H]3OC(=O)[C@H](O)[C@H]3C[C@@H]2O1. The molecule has 10 nitrogen and oxygen atoms in total. The first-order chi connectivity index (χ1) is 18.4. The summed E-state index contributed by atoms with van der Waals surface area (Å²) < 4.78 is 47.8. The summed E-state index contributed by atoms with van der Waals surface area (Å²) in [5, 5.41) is 28.3. The van der Waals surface area contributed by atoms with E-state index in [4.69, 9.17) is 24.1 Å². The van der Waals surface area contributed by atoms with Crippen LogP contribution >= 0.6 is 0 Å². The summed E-state index contributed by atoms with van der Waals surface area (Å²) >= 11 is 0. The smallest absolute Gasteiger partial charge is 0.335 e. The Morgan fingerprint density at radius 2 is 1.85 bits per heavy atom. The van der Waals surface area contributed by atoms with Crippen LogP contribution in [-0.4, -0.2) is 90.6 Å². The summed E-state index contributed by atoms with van der Waals surface area (Å²) in [6.45, 7) is 9.02. The van der Waals surface area contributed by atoms with Crippen LogP contribution in [0.1, 0.15) is 40.0 Å². The zero-order chi connectivity index (χ0) is 28.5. The van der Waals surface area contributed by atoms with Crippen LogP contribution in [0.15, 0.2) is 47.9 Å². The van der Waals surface area contributed by atoms with E-state index in [2.05, 4.69) is 6.58 Å². The summed E-state index contributed by atoms with van der Waals surface area (Å²) in [6, 6.07) is 8.41. The molecular formula is C28H40O10S. The number of aliphatic hydroxyl groups excluding tert-OH is 3. The lowest BCUT2D eigenvalue weighted by Crippen LogP contribution is -2.31. The lowest BCUT2D eigenvalue weighted by atomic mass is 9.87. The molecule has 0 aromatic heterocycles. The van der Waals surface area contributed by atoms with Crippen molar-refractivity contribution in [3.63, 3.8) is 0 Å². The monoisotopic (exact) mass is 568 g/mol. The van der Waals surface area contributed by atoms with E-state index in [0.29, 0.717) is 24.2 Å². The van der Waals surface area contributed by atoms with Gasteiger partial charge in [-0.05, 0) is 44.7 Å². The van der Waals surface area contributed by atoms with Crippen LogP contribution in [0, 0.1) is 17.8 Å². The second-order valence-electron chi connectivity index (χ2n) is 11.3. The third-order valence-electron chi connectivity index (χ3n) is 8.09. The fourth-order valence-corrected chi connectivity index (χ4v) is 7.91. The Kier molecular flexibility index (Phi) is 9.22. The Bertz CT molecular complexity index is 1110. The van der Waals surface area contributed by atoms with E-state index >= 15 is 0 Å². The van der Waals surface area contributed by atoms with Crippen LogP contribution in [0.2, 0.25) is 0 Å². The number of benzene rings is 1. The number of hydrogen-bond donors (Lipinski definition) is 3. The van der Waals surface area contributed by atoms with Crippen molar-refractivity contribution < 1.29 is 47.5 Å². The first kappa shape index (κ1) is 30.1. The average molecular weight is 569 g/mol. The second-order valence-corrected chi connectivity index (χ2v) is 13.3. The minimum Gasteiger partial charge on any atom is -0.457 e. The topological polar surface area (TPSA) is 149 Å². The van der Waals surface area contributed by atoms with Crippen molar-refractivity contribution in [3.05, 3.63) is 43.0 Å². The lowest BCUT2D eigenvalue weighted by molar-refractivity contribution is -0.169. The van der Waals surface area contributed by atoms with Crippen LogP contribution in [0.5, 0.6) is 0 Å². The third kappa shape index (κ3) is 6.56. The largest absolute Gasteiger partial charge is 0.457 e. The minimum atomic E-state index is -3.41. The van der Waals surface area contributed by atoms with Gasteiger partial charge < -0.3 is 34.3 Å². The minimum absolute atomic E-state index is 0.00239. The molecule has 3 heterocycles. The molecule has 1 aromatic rings. The number of fused-ring (bicyclic) bond motifs is 3. The van der Waals surface area contributed by atoms with Crippen molar-refractivity contribution >= 4 is 15.8 Å². The maximum absolute atomic E-state index is 12.7. The molecular weight excluding hydrogens is 528 g/mol. The van der Waals surface area contributed by atoms with Gasteiger partial charge in [0.25, 0.3) is 0 Å². The Labute approximate surface area is 229 Å². The zero-order valence-electron chi connectivity index (χ0n) is 22.6. The molecule has 4 fully saturated rings. The molecule has 0 unspecified atom stereocenters. The molecule has 0 amide bonds. The average Bonchev–Trinajstić information content (AvgIpc) is 3.55. The van der Waals surface area contributed by atoms with E-state index < -0.39 is 33.8 Å². The number of aliphatic hydroxyl groups is 3. The van der Waals surface area contributed by atoms with Gasteiger partial charge in [0.15, 0.2) is 21.7 Å². The summed E-state index contributed by atoms with van der Waals surface area (Å²) in [4.78, 5) is 11.5. The van der Waals surface area contributed by atoms with Crippen molar-refractivity contribution in [2.45, 2.75) is 93.4 Å². The number of ether oxygens (including phenoxy) is 4. The molecule has 3 saturated heterocycles. The lowest BCUT2D eigenvalue weighted by Gasteiger charge is -2.21. The fraction of sp³-hybridized carbons (Fsp3) is 0.679. The molecule has 0 spiro atoms. The number of sulfone groups is 1. The van der Waals surface area contributed by atoms with Gasteiger partial charge in [0.05, 0.1) is 41.7 Å². The second kappa shape index (κ2) is 11.9. The van der Waals surface area contributed by atoms with E-state index in [9.17, 15) is 23.4 Å². The molecule has 11 heteroatoms. The standard InChI is InChI=1S/C18H26O5S.C10H14O5/c1-3-7-17-16(13(2)18(23-17)10-14(20)11-19)12-24(21,22)15-8-5-4-6-9-15;1-10(2)14-5-3-4-6(11)9(12)13-7(4)8(5)15-10/h3-6,8-9,13-14,16-20H,1,7,10-12H2,2H3;4-8,11H,3H2,1-2H3/t13-,14+,16-,17+,18-;4-,5+,6-,7+,8+/m11/s1. The zero-order valence-corrected chi connectivity index (χ0v) is 23.4. The van der Waals surface area contributed by atoms with Crippen molar-refractivity contribution in [1.82, 2.24) is 0 Å². The van der Waals surface area contributed by atoms with Gasteiger partial charge in [0.1, 0.15) is 12.2 Å². The third-order valence-corrected chi connectivity index (χ3v) is 9.90. The highest BCUT2D eigenvalue weighted by atomic mass is 32.2. The van der Waals surface area contributed by atoms with Gasteiger partial charge >= 0.3 is 5.97 Å². The van der Waals surface area contributed by atoms with Gasteiger partial charge in [-0.1, -0.05) is 31.2 Å². The molecule has 0 radical (unpaired) electrons. The van der Waals surface area contributed by atoms with Crippen LogP contribution in [0.3, 0.4) is 0 Å². The maximum atomic E-state index is 12.7. The van der Waals surface area contributed by atoms with Crippen LogP contribution < -0.4 is 0 Å². The van der Waals surface area contributed by atoms with Crippen molar-refractivity contribution in [1.29, 1.82) is 0 Å². The Balaban J connectivity index is 0.000000199. The summed E-state index contributed by atoms with van der Waals surface area (Å²) in [5.41, 5.74) is 0. The number of rotatable bonds is 8. The fourth-order valence-electron chi connectivity index (χ4n) is 6.12. The number of hydrogen-bond acceptors (Lipinski definition) is 10. The normalized spacial score (nSPS) is 37.4. The van der Waals surface area contributed by atoms with Gasteiger partial charge in [-0.2, -0.15) is 0 Å². The predicted octanol–water partition coefficient (Wildman–Crippen LogP) is 1.61. The molecule has 0 bridgehead atoms. The Morgan fingerprint density at radius 3 is 2.49 bits per heavy atom. The summed E-state index contributed by atoms with van der Waals surface area (Å²) in [6.07, 6.45) is 0.235. The number of carbonyl (C=O) groups excluding carboxylic acids is 1.